The van der Waals surface area contributed by atoms with Gasteiger partial charge < -0.3 is 0 Å². The van der Waals surface area contributed by atoms with E-state index in [4.69, 9.17) is 0 Å². The van der Waals surface area contributed by atoms with Crippen molar-refractivity contribution >= 4 is 0 Å². The van der Waals surface area contributed by atoms with Crippen LogP contribution in [0.4, 0.5) is 0 Å². The summed E-state index contributed by atoms with van der Waals surface area (Å²) in [6.45, 7) is 0. The maximum absolute atomic E-state index is 4.17. The largest absolute Gasteiger partial charge is 0.154 e. The number of hydrogen-bond acceptors (Lipinski definition) is 2. The van der Waals surface area contributed by atoms with E-state index in [0.717, 1.165) is 25.0 Å². The van der Waals surface area contributed by atoms with Gasteiger partial charge in [-0.3, -0.25) is 0 Å². The highest BCUT2D eigenvalue weighted by Gasteiger charge is 2.14. The SMILES string of the molecule is [c]1cc2c(nn1)CCCc1ccccc1-2. The van der Waals surface area contributed by atoms with Gasteiger partial charge in [-0.2, -0.15) is 5.10 Å². The molecule has 0 unspecified atom stereocenters. The van der Waals surface area contributed by atoms with Crippen molar-refractivity contribution in [3.05, 3.63) is 47.8 Å². The molecular formula is C13H11N2. The van der Waals surface area contributed by atoms with Crippen LogP contribution in [0.25, 0.3) is 11.1 Å². The molecule has 0 atom stereocenters. The minimum atomic E-state index is 1.02. The van der Waals surface area contributed by atoms with Crippen molar-refractivity contribution in [2.24, 2.45) is 0 Å². The van der Waals surface area contributed by atoms with E-state index in [1.54, 1.807) is 0 Å². The third-order valence-corrected chi connectivity index (χ3v) is 2.92. The van der Waals surface area contributed by atoms with Crippen molar-refractivity contribution < 1.29 is 0 Å². The highest BCUT2D eigenvalue weighted by molar-refractivity contribution is 5.69. The van der Waals surface area contributed by atoms with Gasteiger partial charge in [0.25, 0.3) is 0 Å². The lowest BCUT2D eigenvalue weighted by Crippen LogP contribution is -1.94. The quantitative estimate of drug-likeness (QED) is 0.645. The molecule has 3 rings (SSSR count). The van der Waals surface area contributed by atoms with Crippen LogP contribution < -0.4 is 0 Å². The third-order valence-electron chi connectivity index (χ3n) is 2.92. The van der Waals surface area contributed by atoms with Gasteiger partial charge in [0.2, 0.25) is 0 Å². The Hall–Kier alpha value is -1.70. The lowest BCUT2D eigenvalue weighted by Gasteiger charge is -2.06. The molecule has 73 valence electrons. The van der Waals surface area contributed by atoms with Gasteiger partial charge in [-0.25, -0.2) is 0 Å². The number of nitrogens with zero attached hydrogens (tertiary/aromatic N) is 2. The fourth-order valence-corrected chi connectivity index (χ4v) is 2.19. The Balaban J connectivity index is 2.27. The van der Waals surface area contributed by atoms with E-state index >= 15 is 0 Å². The molecule has 2 nitrogen and oxygen atoms in total. The van der Waals surface area contributed by atoms with E-state index in [1.165, 1.54) is 16.7 Å². The molecule has 0 bridgehead atoms. The van der Waals surface area contributed by atoms with Crippen molar-refractivity contribution in [2.75, 3.05) is 0 Å². The summed E-state index contributed by atoms with van der Waals surface area (Å²) in [4.78, 5) is 0. The monoisotopic (exact) mass is 195 g/mol. The normalized spacial score (nSPS) is 13.9. The summed E-state index contributed by atoms with van der Waals surface area (Å²) in [6, 6.07) is 10.5. The molecule has 0 saturated carbocycles. The first-order valence-electron chi connectivity index (χ1n) is 5.26. The summed E-state index contributed by atoms with van der Waals surface area (Å²) >= 11 is 0. The summed E-state index contributed by atoms with van der Waals surface area (Å²) < 4.78 is 0. The predicted molar refractivity (Wildman–Crippen MR) is 58.3 cm³/mol. The van der Waals surface area contributed by atoms with Crippen LogP contribution in [0.15, 0.2) is 30.3 Å². The second kappa shape index (κ2) is 3.46. The fraction of sp³-hybridized carbons (Fsp3) is 0.231. The van der Waals surface area contributed by atoms with Gasteiger partial charge in [0.1, 0.15) is 6.20 Å². The van der Waals surface area contributed by atoms with Crippen LogP contribution in [0.2, 0.25) is 0 Å². The molecule has 0 N–H and O–H groups in total. The number of aryl methyl sites for hydroxylation is 2. The first kappa shape index (κ1) is 8.60. The van der Waals surface area contributed by atoms with Crippen LogP contribution in [0, 0.1) is 6.20 Å². The van der Waals surface area contributed by atoms with Gasteiger partial charge in [0.05, 0.1) is 5.69 Å². The number of hydrogen-bond donors (Lipinski definition) is 0. The minimum absolute atomic E-state index is 1.02. The van der Waals surface area contributed by atoms with Crippen LogP contribution in [0.1, 0.15) is 17.7 Å². The van der Waals surface area contributed by atoms with Crippen molar-refractivity contribution in [3.63, 3.8) is 0 Å². The second-order valence-electron chi connectivity index (χ2n) is 3.84. The number of aromatic nitrogens is 2. The van der Waals surface area contributed by atoms with Crippen molar-refractivity contribution in [3.8, 4) is 11.1 Å². The lowest BCUT2D eigenvalue weighted by molar-refractivity contribution is 0.792. The Labute approximate surface area is 89.0 Å². The average molecular weight is 195 g/mol. The lowest BCUT2D eigenvalue weighted by atomic mass is 10.00. The van der Waals surface area contributed by atoms with Crippen molar-refractivity contribution in [1.29, 1.82) is 0 Å². The smallest absolute Gasteiger partial charge is 0.114 e. The Bertz CT molecular complexity index is 446. The first-order chi connectivity index (χ1) is 7.45. The van der Waals surface area contributed by atoms with Crippen molar-refractivity contribution in [1.82, 2.24) is 10.2 Å². The first-order valence-corrected chi connectivity index (χ1v) is 5.26. The van der Waals surface area contributed by atoms with Gasteiger partial charge in [-0.15, -0.1) is 5.10 Å². The topological polar surface area (TPSA) is 25.8 Å². The van der Waals surface area contributed by atoms with Crippen molar-refractivity contribution in [2.45, 2.75) is 19.3 Å². The molecule has 0 spiro atoms. The molecule has 1 aliphatic rings. The summed E-state index contributed by atoms with van der Waals surface area (Å²) in [5.41, 5.74) is 5.03. The van der Waals surface area contributed by atoms with E-state index < -0.39 is 0 Å². The zero-order valence-corrected chi connectivity index (χ0v) is 8.40. The van der Waals surface area contributed by atoms with Crippen LogP contribution >= 0.6 is 0 Å². The molecule has 1 aromatic heterocycles. The van der Waals surface area contributed by atoms with Crippen LogP contribution in [0.3, 0.4) is 0 Å². The summed E-state index contributed by atoms with van der Waals surface area (Å²) in [7, 11) is 0. The van der Waals surface area contributed by atoms with E-state index in [9.17, 15) is 0 Å². The van der Waals surface area contributed by atoms with Crippen LogP contribution in [-0.2, 0) is 12.8 Å². The molecule has 0 fully saturated rings. The van der Waals surface area contributed by atoms with Gasteiger partial charge >= 0.3 is 0 Å². The molecule has 1 radical (unpaired) electrons. The van der Waals surface area contributed by atoms with Gasteiger partial charge in [0.15, 0.2) is 0 Å². The summed E-state index contributed by atoms with van der Waals surface area (Å²) in [5, 5.41) is 8.01. The zero-order chi connectivity index (χ0) is 10.1. The molecular weight excluding hydrogens is 184 g/mol. The Kier molecular flexibility index (Phi) is 1.98. The molecule has 15 heavy (non-hydrogen) atoms. The molecule has 1 aromatic carbocycles. The Morgan fingerprint density at radius 3 is 3.00 bits per heavy atom. The predicted octanol–water partition coefficient (Wildman–Crippen LogP) is 2.43. The Morgan fingerprint density at radius 1 is 1.07 bits per heavy atom. The van der Waals surface area contributed by atoms with E-state index in [2.05, 4.69) is 40.7 Å². The van der Waals surface area contributed by atoms with Gasteiger partial charge in [-0.05, 0) is 36.5 Å². The maximum Gasteiger partial charge on any atom is 0.114 e. The molecule has 1 aliphatic carbocycles. The van der Waals surface area contributed by atoms with Crippen LogP contribution in [0.5, 0.6) is 0 Å². The van der Waals surface area contributed by atoms with E-state index in [0.29, 0.717) is 0 Å². The number of rotatable bonds is 0. The van der Waals surface area contributed by atoms with E-state index in [1.807, 2.05) is 6.07 Å². The number of benzene rings is 1. The standard InChI is InChI=1S/C13H11N2/c1-2-6-11-10(4-1)5-3-7-13-12(11)8-9-14-15-13/h1-2,4,6,8H,3,5,7H2. The Morgan fingerprint density at radius 2 is 2.00 bits per heavy atom. The third kappa shape index (κ3) is 1.42. The van der Waals surface area contributed by atoms with Gasteiger partial charge in [-0.1, -0.05) is 24.3 Å². The molecule has 2 heteroatoms. The average Bonchev–Trinajstić information content (AvgIpc) is 2.48. The van der Waals surface area contributed by atoms with Gasteiger partial charge in [0, 0.05) is 5.56 Å². The highest BCUT2D eigenvalue weighted by Crippen LogP contribution is 2.30. The molecule has 0 saturated heterocycles. The number of fused-ring (bicyclic) bond motifs is 3. The molecule has 0 amide bonds. The van der Waals surface area contributed by atoms with Crippen LogP contribution in [-0.4, -0.2) is 10.2 Å². The molecule has 0 aliphatic heterocycles. The van der Waals surface area contributed by atoms with E-state index in [-0.39, 0.29) is 0 Å². The molecule has 1 heterocycles. The fourth-order valence-electron chi connectivity index (χ4n) is 2.19. The summed E-state index contributed by atoms with van der Waals surface area (Å²) in [6.07, 6.45) is 6.13. The molecule has 2 aromatic rings. The maximum atomic E-state index is 4.17. The summed E-state index contributed by atoms with van der Waals surface area (Å²) in [5.74, 6) is 0. The highest BCUT2D eigenvalue weighted by atomic mass is 15.1. The zero-order valence-electron chi connectivity index (χ0n) is 8.40. The second-order valence-corrected chi connectivity index (χ2v) is 3.84. The minimum Gasteiger partial charge on any atom is -0.154 e.